The summed E-state index contributed by atoms with van der Waals surface area (Å²) in [4.78, 5) is 0. The summed E-state index contributed by atoms with van der Waals surface area (Å²) < 4.78 is 16.3. The maximum Gasteiger partial charge on any atom is 0.146 e. The van der Waals surface area contributed by atoms with Crippen LogP contribution in [0.2, 0.25) is 0 Å². The van der Waals surface area contributed by atoms with Crippen LogP contribution in [0.5, 0.6) is 0 Å². The second-order valence-corrected chi connectivity index (χ2v) is 7.59. The lowest BCUT2D eigenvalue weighted by Crippen LogP contribution is -1.98. The third-order valence-electron chi connectivity index (χ3n) is 5.26. The average molecular weight is 415 g/mol. The highest BCUT2D eigenvalue weighted by atomic mass is 79.9. The molecule has 1 aliphatic rings. The minimum absolute atomic E-state index is 0.199. The van der Waals surface area contributed by atoms with E-state index in [1.165, 1.54) is 11.1 Å². The molecular weight excluding hydrogens is 399 g/mol. The van der Waals surface area contributed by atoms with Crippen LogP contribution in [0.25, 0.3) is 33.4 Å². The maximum absolute atomic E-state index is 15.7. The molecular formula is C25H16BrF. The van der Waals surface area contributed by atoms with Crippen LogP contribution < -0.4 is 0 Å². The van der Waals surface area contributed by atoms with Crippen LogP contribution >= 0.6 is 15.9 Å². The fourth-order valence-electron chi connectivity index (χ4n) is 4.10. The Morgan fingerprint density at radius 1 is 0.630 bits per heavy atom. The SMILES string of the molecule is Fc1c(Br)c2c(c(-c3ccccc3)c1-c1ccccc1)Cc1ccccc1-2. The molecule has 0 aliphatic heterocycles. The van der Waals surface area contributed by atoms with E-state index in [9.17, 15) is 0 Å². The first-order chi connectivity index (χ1) is 13.3. The maximum atomic E-state index is 15.7. The van der Waals surface area contributed by atoms with Gasteiger partial charge in [0.2, 0.25) is 0 Å². The second kappa shape index (κ2) is 6.47. The van der Waals surface area contributed by atoms with Crippen LogP contribution in [0.3, 0.4) is 0 Å². The Hall–Kier alpha value is -2.71. The smallest absolute Gasteiger partial charge is 0.146 e. The Bertz CT molecular complexity index is 1150. The predicted octanol–water partition coefficient (Wildman–Crippen LogP) is 7.49. The highest BCUT2D eigenvalue weighted by Gasteiger charge is 2.30. The van der Waals surface area contributed by atoms with Crippen molar-refractivity contribution in [1.29, 1.82) is 0 Å². The van der Waals surface area contributed by atoms with E-state index >= 15 is 4.39 Å². The molecule has 0 nitrogen and oxygen atoms in total. The van der Waals surface area contributed by atoms with Crippen LogP contribution in [0.1, 0.15) is 11.1 Å². The van der Waals surface area contributed by atoms with Crippen molar-refractivity contribution in [1.82, 2.24) is 0 Å². The quantitative estimate of drug-likeness (QED) is 0.280. The normalized spacial score (nSPS) is 11.9. The van der Waals surface area contributed by atoms with Gasteiger partial charge in [-0.05, 0) is 55.7 Å². The van der Waals surface area contributed by atoms with Crippen molar-refractivity contribution in [3.05, 3.63) is 106 Å². The van der Waals surface area contributed by atoms with Crippen LogP contribution in [-0.4, -0.2) is 0 Å². The molecule has 0 fully saturated rings. The molecule has 0 spiro atoms. The van der Waals surface area contributed by atoms with E-state index in [2.05, 4.69) is 46.3 Å². The number of halogens is 2. The zero-order chi connectivity index (χ0) is 18.4. The first kappa shape index (κ1) is 16.5. The number of rotatable bonds is 2. The van der Waals surface area contributed by atoms with Crippen molar-refractivity contribution in [2.75, 3.05) is 0 Å². The largest absolute Gasteiger partial charge is 0.205 e. The summed E-state index contributed by atoms with van der Waals surface area (Å²) in [5, 5.41) is 0. The van der Waals surface area contributed by atoms with Gasteiger partial charge in [0.05, 0.1) is 4.47 Å². The van der Waals surface area contributed by atoms with Gasteiger partial charge in [-0.3, -0.25) is 0 Å². The topological polar surface area (TPSA) is 0 Å². The van der Waals surface area contributed by atoms with Crippen LogP contribution in [0, 0.1) is 5.82 Å². The van der Waals surface area contributed by atoms with E-state index in [1.54, 1.807) is 0 Å². The standard InChI is InChI=1S/C25H16BrF/c26-24-23-19-14-8-7-13-18(19)15-20(23)21(16-9-3-1-4-10-16)22(25(24)27)17-11-5-2-6-12-17/h1-14H,15H2. The van der Waals surface area contributed by atoms with Gasteiger partial charge in [0.1, 0.15) is 5.82 Å². The van der Waals surface area contributed by atoms with Gasteiger partial charge in [0, 0.05) is 11.1 Å². The molecule has 0 radical (unpaired) electrons. The zero-order valence-corrected chi connectivity index (χ0v) is 16.1. The van der Waals surface area contributed by atoms with E-state index in [-0.39, 0.29) is 5.82 Å². The molecule has 0 aromatic heterocycles. The van der Waals surface area contributed by atoms with Gasteiger partial charge in [-0.25, -0.2) is 4.39 Å². The molecule has 0 atom stereocenters. The molecule has 0 saturated heterocycles. The zero-order valence-electron chi connectivity index (χ0n) is 14.5. The Morgan fingerprint density at radius 2 is 1.19 bits per heavy atom. The van der Waals surface area contributed by atoms with Gasteiger partial charge < -0.3 is 0 Å². The second-order valence-electron chi connectivity index (χ2n) is 6.80. The first-order valence-corrected chi connectivity index (χ1v) is 9.78. The van der Waals surface area contributed by atoms with Crippen molar-refractivity contribution >= 4 is 15.9 Å². The van der Waals surface area contributed by atoms with E-state index in [0.717, 1.165) is 34.2 Å². The molecule has 0 N–H and O–H groups in total. The Balaban J connectivity index is 1.92. The van der Waals surface area contributed by atoms with Crippen molar-refractivity contribution in [3.8, 4) is 33.4 Å². The highest BCUT2D eigenvalue weighted by molar-refractivity contribution is 9.10. The van der Waals surface area contributed by atoms with Crippen LogP contribution in [0.4, 0.5) is 4.39 Å². The van der Waals surface area contributed by atoms with Gasteiger partial charge >= 0.3 is 0 Å². The first-order valence-electron chi connectivity index (χ1n) is 8.98. The third-order valence-corrected chi connectivity index (χ3v) is 6.01. The van der Waals surface area contributed by atoms with Crippen molar-refractivity contribution < 1.29 is 4.39 Å². The number of fused-ring (bicyclic) bond motifs is 3. The summed E-state index contributed by atoms with van der Waals surface area (Å²) >= 11 is 3.58. The lowest BCUT2D eigenvalue weighted by molar-refractivity contribution is 0.625. The molecule has 4 aromatic rings. The van der Waals surface area contributed by atoms with E-state index < -0.39 is 0 Å². The molecule has 0 amide bonds. The summed E-state index contributed by atoms with van der Waals surface area (Å²) in [5.41, 5.74) is 8.15. The molecule has 27 heavy (non-hydrogen) atoms. The molecule has 2 heteroatoms. The lowest BCUT2D eigenvalue weighted by Gasteiger charge is -2.19. The number of hydrogen-bond acceptors (Lipinski definition) is 0. The lowest BCUT2D eigenvalue weighted by atomic mass is 9.87. The van der Waals surface area contributed by atoms with E-state index in [1.807, 2.05) is 54.6 Å². The van der Waals surface area contributed by atoms with Crippen molar-refractivity contribution in [2.24, 2.45) is 0 Å². The van der Waals surface area contributed by atoms with Crippen LogP contribution in [0.15, 0.2) is 89.4 Å². The van der Waals surface area contributed by atoms with E-state index in [0.29, 0.717) is 10.0 Å². The van der Waals surface area contributed by atoms with Gasteiger partial charge in [-0.1, -0.05) is 84.9 Å². The minimum Gasteiger partial charge on any atom is -0.205 e. The summed E-state index contributed by atoms with van der Waals surface area (Å²) in [7, 11) is 0. The fraction of sp³-hybridized carbons (Fsp3) is 0.0400. The Morgan fingerprint density at radius 3 is 1.85 bits per heavy atom. The monoisotopic (exact) mass is 414 g/mol. The van der Waals surface area contributed by atoms with Gasteiger partial charge in [-0.15, -0.1) is 0 Å². The number of benzene rings is 4. The van der Waals surface area contributed by atoms with Gasteiger partial charge in [0.15, 0.2) is 0 Å². The summed E-state index contributed by atoms with van der Waals surface area (Å²) in [6.45, 7) is 0. The van der Waals surface area contributed by atoms with Gasteiger partial charge in [-0.2, -0.15) is 0 Å². The molecule has 0 bridgehead atoms. The summed E-state index contributed by atoms with van der Waals surface area (Å²) in [6, 6.07) is 28.3. The van der Waals surface area contributed by atoms with Crippen molar-refractivity contribution in [2.45, 2.75) is 6.42 Å². The highest BCUT2D eigenvalue weighted by Crippen LogP contribution is 2.51. The Kier molecular flexibility index (Phi) is 3.95. The number of hydrogen-bond donors (Lipinski definition) is 0. The summed E-state index contributed by atoms with van der Waals surface area (Å²) in [5.74, 6) is -0.199. The molecule has 5 rings (SSSR count). The van der Waals surface area contributed by atoms with Gasteiger partial charge in [0.25, 0.3) is 0 Å². The summed E-state index contributed by atoms with van der Waals surface area (Å²) in [6.07, 6.45) is 0.814. The third kappa shape index (κ3) is 2.55. The Labute approximate surface area is 166 Å². The average Bonchev–Trinajstić information content (AvgIpc) is 3.11. The van der Waals surface area contributed by atoms with Crippen molar-refractivity contribution in [3.63, 3.8) is 0 Å². The fourth-order valence-corrected chi connectivity index (χ4v) is 4.75. The molecule has 4 aromatic carbocycles. The molecule has 0 heterocycles. The molecule has 0 unspecified atom stereocenters. The molecule has 1 aliphatic carbocycles. The molecule has 130 valence electrons. The minimum atomic E-state index is -0.199. The van der Waals surface area contributed by atoms with E-state index in [4.69, 9.17) is 0 Å². The predicted molar refractivity (Wildman–Crippen MR) is 113 cm³/mol. The van der Waals surface area contributed by atoms with Crippen LogP contribution in [-0.2, 0) is 6.42 Å². The molecule has 0 saturated carbocycles.